The fourth-order valence-corrected chi connectivity index (χ4v) is 4.63. The smallest absolute Gasteiger partial charge is 0.353 e. The lowest BCUT2D eigenvalue weighted by Gasteiger charge is -2.42. The van der Waals surface area contributed by atoms with E-state index in [4.69, 9.17) is 0 Å². The number of benzene rings is 2. The Bertz CT molecular complexity index is 1150. The number of carbonyl (C=O) groups is 2. The van der Waals surface area contributed by atoms with Gasteiger partial charge < -0.3 is 15.1 Å². The molecule has 208 valence electrons. The minimum Gasteiger partial charge on any atom is -0.353 e. The highest BCUT2D eigenvalue weighted by Gasteiger charge is 2.38. The summed E-state index contributed by atoms with van der Waals surface area (Å²) in [7, 11) is 1.29. The van der Waals surface area contributed by atoms with Crippen LogP contribution in [0.15, 0.2) is 36.4 Å². The normalized spacial score (nSPS) is 18.3. The van der Waals surface area contributed by atoms with Gasteiger partial charge >= 0.3 is 18.4 Å². The predicted octanol–water partition coefficient (Wildman–Crippen LogP) is 6.46. The maximum atomic E-state index is 13.8. The highest BCUT2D eigenvalue weighted by molar-refractivity contribution is 5.76. The second-order valence-corrected chi connectivity index (χ2v) is 9.41. The van der Waals surface area contributed by atoms with Gasteiger partial charge in [0.15, 0.2) is 0 Å². The van der Waals surface area contributed by atoms with Crippen molar-refractivity contribution in [1.82, 2.24) is 15.1 Å². The fraction of sp³-hybridized carbons (Fsp3) is 0.462. The van der Waals surface area contributed by atoms with Crippen molar-refractivity contribution in [3.63, 3.8) is 0 Å². The minimum absolute atomic E-state index is 0.0357. The minimum atomic E-state index is -5.01. The maximum absolute atomic E-state index is 13.8. The van der Waals surface area contributed by atoms with E-state index in [0.717, 1.165) is 4.90 Å². The van der Waals surface area contributed by atoms with Crippen molar-refractivity contribution < 1.29 is 40.3 Å². The van der Waals surface area contributed by atoms with E-state index in [1.807, 2.05) is 0 Å². The first-order chi connectivity index (χ1) is 17.6. The molecule has 12 heteroatoms. The molecule has 1 saturated heterocycles. The van der Waals surface area contributed by atoms with Crippen LogP contribution in [0.25, 0.3) is 0 Å². The number of alkyl halides is 6. The van der Waals surface area contributed by atoms with E-state index in [0.29, 0.717) is 36.1 Å². The van der Waals surface area contributed by atoms with Gasteiger partial charge in [0.25, 0.3) is 0 Å². The zero-order valence-corrected chi connectivity index (χ0v) is 21.0. The van der Waals surface area contributed by atoms with Crippen molar-refractivity contribution >= 4 is 11.9 Å². The molecule has 1 aliphatic heterocycles. The molecule has 0 saturated carbocycles. The van der Waals surface area contributed by atoms with E-state index in [9.17, 15) is 40.3 Å². The number of hydrogen-bond acceptors (Lipinski definition) is 2. The predicted molar refractivity (Wildman–Crippen MR) is 125 cm³/mol. The first-order valence-corrected chi connectivity index (χ1v) is 12.0. The number of rotatable bonds is 5. The molecule has 2 aromatic carbocycles. The Kier molecular flexibility index (Phi) is 8.62. The number of amides is 3. The zero-order valence-electron chi connectivity index (χ0n) is 21.0. The first-order valence-electron chi connectivity index (χ1n) is 12.0. The number of likely N-dealkylation sites (tertiary alicyclic amines) is 1. The number of nitrogens with zero attached hydrogens (tertiary/aromatic N) is 2. The lowest BCUT2D eigenvalue weighted by molar-refractivity contribution is -0.143. The van der Waals surface area contributed by atoms with Crippen molar-refractivity contribution in [3.05, 3.63) is 70.0 Å². The first kappa shape index (κ1) is 29.2. The van der Waals surface area contributed by atoms with Crippen LogP contribution in [0, 0.1) is 12.7 Å². The largest absolute Gasteiger partial charge is 0.416 e. The second kappa shape index (κ2) is 11.2. The molecule has 1 fully saturated rings. The van der Waals surface area contributed by atoms with Gasteiger partial charge in [-0.3, -0.25) is 4.79 Å². The van der Waals surface area contributed by atoms with Crippen LogP contribution in [0.5, 0.6) is 0 Å². The molecular formula is C26H28F7N3O2. The van der Waals surface area contributed by atoms with E-state index < -0.39 is 47.9 Å². The summed E-state index contributed by atoms with van der Waals surface area (Å²) in [4.78, 5) is 27.9. The molecule has 1 heterocycles. The molecule has 0 unspecified atom stereocenters. The van der Waals surface area contributed by atoms with Gasteiger partial charge in [0.2, 0.25) is 5.91 Å². The summed E-state index contributed by atoms with van der Waals surface area (Å²) in [6.07, 6.45) is -9.05. The fourth-order valence-electron chi connectivity index (χ4n) is 4.63. The average Bonchev–Trinajstić information content (AvgIpc) is 2.82. The maximum Gasteiger partial charge on any atom is 0.416 e. The third kappa shape index (κ3) is 6.96. The van der Waals surface area contributed by atoms with Gasteiger partial charge in [0, 0.05) is 32.6 Å². The van der Waals surface area contributed by atoms with Crippen molar-refractivity contribution in [1.29, 1.82) is 0 Å². The standard InChI is InChI=1S/C26H28F7N3O2/c1-4-23(37)34-20-7-8-36(22(13-20)21-6-5-19(27)9-15(21)2)24(38)35(3)14-16-10-17(25(28,29)30)12-18(11-16)26(31,32)33/h5-6,9-12,20,22H,4,7-8,13-14H2,1-3H3,(H,34,37)/t20-,22+/m0/s1. The van der Waals surface area contributed by atoms with Gasteiger partial charge in [0.1, 0.15) is 5.82 Å². The third-order valence-corrected chi connectivity index (χ3v) is 6.52. The van der Waals surface area contributed by atoms with Gasteiger partial charge in [-0.15, -0.1) is 0 Å². The van der Waals surface area contributed by atoms with Crippen molar-refractivity contribution in [2.75, 3.05) is 13.6 Å². The molecule has 0 radical (unpaired) electrons. The quantitative estimate of drug-likeness (QED) is 0.437. The summed E-state index contributed by atoms with van der Waals surface area (Å²) < 4.78 is 93.4. The summed E-state index contributed by atoms with van der Waals surface area (Å²) in [5.41, 5.74) is -2.07. The number of carbonyl (C=O) groups excluding carboxylic acids is 2. The van der Waals surface area contributed by atoms with E-state index >= 15 is 0 Å². The molecule has 3 rings (SSSR count). The number of nitrogens with one attached hydrogen (secondary N) is 1. The molecule has 0 aromatic heterocycles. The highest BCUT2D eigenvalue weighted by atomic mass is 19.4. The zero-order chi connectivity index (χ0) is 28.4. The average molecular weight is 548 g/mol. The van der Waals surface area contributed by atoms with Gasteiger partial charge in [-0.25, -0.2) is 9.18 Å². The highest BCUT2D eigenvalue weighted by Crippen LogP contribution is 2.37. The number of urea groups is 1. The van der Waals surface area contributed by atoms with E-state index in [1.54, 1.807) is 13.8 Å². The summed E-state index contributed by atoms with van der Waals surface area (Å²) in [5, 5.41) is 2.89. The second-order valence-electron chi connectivity index (χ2n) is 9.41. The Morgan fingerprint density at radius 2 is 1.63 bits per heavy atom. The van der Waals surface area contributed by atoms with Gasteiger partial charge in [-0.2, -0.15) is 26.3 Å². The summed E-state index contributed by atoms with van der Waals surface area (Å²) in [5.74, 6) is -0.649. The summed E-state index contributed by atoms with van der Waals surface area (Å²) in [6, 6.07) is 3.79. The number of aryl methyl sites for hydroxylation is 1. The molecular weight excluding hydrogens is 519 g/mol. The Morgan fingerprint density at radius 3 is 2.16 bits per heavy atom. The molecule has 0 aliphatic carbocycles. The van der Waals surface area contributed by atoms with E-state index in [2.05, 4.69) is 5.32 Å². The number of halogens is 7. The van der Waals surface area contributed by atoms with Crippen LogP contribution in [0.2, 0.25) is 0 Å². The Balaban J connectivity index is 1.90. The van der Waals surface area contributed by atoms with Crippen LogP contribution in [0.1, 0.15) is 60.0 Å². The van der Waals surface area contributed by atoms with Crippen LogP contribution in [-0.2, 0) is 23.7 Å². The van der Waals surface area contributed by atoms with E-state index in [1.165, 1.54) is 30.1 Å². The lowest BCUT2D eigenvalue weighted by atomic mass is 9.89. The third-order valence-electron chi connectivity index (χ3n) is 6.52. The van der Waals surface area contributed by atoms with Crippen LogP contribution in [0.3, 0.4) is 0 Å². The van der Waals surface area contributed by atoms with Crippen LogP contribution >= 0.6 is 0 Å². The summed E-state index contributed by atoms with van der Waals surface area (Å²) >= 11 is 0. The number of hydrogen-bond donors (Lipinski definition) is 1. The van der Waals surface area contributed by atoms with Crippen LogP contribution in [0.4, 0.5) is 35.5 Å². The van der Waals surface area contributed by atoms with Crippen LogP contribution in [-0.4, -0.2) is 41.4 Å². The molecule has 5 nitrogen and oxygen atoms in total. The molecule has 1 N–H and O–H groups in total. The topological polar surface area (TPSA) is 52.7 Å². The molecule has 2 atom stereocenters. The van der Waals surface area contributed by atoms with Gasteiger partial charge in [0.05, 0.1) is 17.2 Å². The molecule has 1 aliphatic rings. The summed E-state index contributed by atoms with van der Waals surface area (Å²) in [6.45, 7) is 3.02. The van der Waals surface area contributed by atoms with E-state index in [-0.39, 0.29) is 36.5 Å². The number of piperidine rings is 1. The molecule has 0 bridgehead atoms. The Morgan fingerprint density at radius 1 is 1.03 bits per heavy atom. The van der Waals surface area contributed by atoms with Crippen molar-refractivity contribution in [2.24, 2.45) is 0 Å². The molecule has 0 spiro atoms. The molecule has 38 heavy (non-hydrogen) atoms. The molecule has 3 amide bonds. The van der Waals surface area contributed by atoms with Crippen LogP contribution < -0.4 is 5.32 Å². The van der Waals surface area contributed by atoms with Crippen molar-refractivity contribution in [3.8, 4) is 0 Å². The van der Waals surface area contributed by atoms with Gasteiger partial charge in [-0.05, 0) is 66.8 Å². The Hall–Kier alpha value is -3.31. The lowest BCUT2D eigenvalue weighted by Crippen LogP contribution is -2.51. The Labute approximate surface area is 215 Å². The monoisotopic (exact) mass is 547 g/mol. The van der Waals surface area contributed by atoms with Gasteiger partial charge in [-0.1, -0.05) is 13.0 Å². The molecule has 2 aromatic rings. The SMILES string of the molecule is CCC(=O)N[C@H]1CCN(C(=O)N(C)Cc2cc(C(F)(F)F)cc(C(F)(F)F)c2)[C@@H](c2ccc(F)cc2C)C1. The van der Waals surface area contributed by atoms with Crippen molar-refractivity contribution in [2.45, 2.75) is 64.1 Å².